The van der Waals surface area contributed by atoms with E-state index in [-0.39, 0.29) is 19.1 Å². The molecule has 1 heterocycles. The van der Waals surface area contributed by atoms with Crippen molar-refractivity contribution in [3.63, 3.8) is 0 Å². The fraction of sp³-hybridized carbons (Fsp3) is 0.300. The first-order chi connectivity index (χ1) is 18.1. The van der Waals surface area contributed by atoms with Crippen LogP contribution in [0.4, 0.5) is 10.5 Å². The Bertz CT molecular complexity index is 1340. The number of carbonyl (C=O) groups excluding carboxylic acids is 1. The van der Waals surface area contributed by atoms with Crippen molar-refractivity contribution in [1.29, 1.82) is 0 Å². The molecule has 196 valence electrons. The third kappa shape index (κ3) is 5.13. The Hall–Kier alpha value is -3.07. The lowest BCUT2D eigenvalue weighted by Crippen LogP contribution is -2.41. The largest absolute Gasteiger partial charge is 0.492 e. The van der Waals surface area contributed by atoms with Gasteiger partial charge in [-0.2, -0.15) is 0 Å². The van der Waals surface area contributed by atoms with E-state index in [1.54, 1.807) is 0 Å². The van der Waals surface area contributed by atoms with Crippen molar-refractivity contribution in [2.75, 3.05) is 18.9 Å². The number of nitrogen functional groups attached to an aromatic ring is 1. The maximum atomic E-state index is 12.9. The third-order valence-corrected chi connectivity index (χ3v) is 8.40. The van der Waals surface area contributed by atoms with Gasteiger partial charge in [0.05, 0.1) is 11.2 Å². The first kappa shape index (κ1) is 26.5. The molecule has 1 amide bonds. The van der Waals surface area contributed by atoms with Crippen molar-refractivity contribution in [1.82, 2.24) is 5.32 Å². The zero-order chi connectivity index (χ0) is 27.1. The number of ether oxygens (including phenoxy) is 1. The molecule has 0 atom stereocenters. The second-order valence-electron chi connectivity index (χ2n) is 10.8. The van der Waals surface area contributed by atoms with Gasteiger partial charge < -0.3 is 25.1 Å². The Morgan fingerprint density at radius 3 is 2.16 bits per heavy atom. The SMILES string of the molecule is CC1(C)OB(C(=Cc2ccc(N)c(Br)c2)CNC(=O)OCC2c3ccccc3-c3ccccc32)OC1(C)C. The average Bonchev–Trinajstić information content (AvgIpc) is 3.31. The molecule has 0 radical (unpaired) electrons. The summed E-state index contributed by atoms with van der Waals surface area (Å²) < 4.78 is 19.1. The molecule has 38 heavy (non-hydrogen) atoms. The Labute approximate surface area is 232 Å². The molecule has 2 aliphatic rings. The molecule has 0 aromatic heterocycles. The lowest BCUT2D eigenvalue weighted by atomic mass is 9.77. The van der Waals surface area contributed by atoms with E-state index in [1.165, 1.54) is 22.3 Å². The van der Waals surface area contributed by atoms with Gasteiger partial charge in [0.15, 0.2) is 0 Å². The van der Waals surface area contributed by atoms with E-state index in [0.717, 1.165) is 15.5 Å². The monoisotopic (exact) mass is 574 g/mol. The maximum absolute atomic E-state index is 12.9. The molecule has 1 aliphatic heterocycles. The zero-order valence-electron chi connectivity index (χ0n) is 22.1. The van der Waals surface area contributed by atoms with Gasteiger partial charge in [-0.25, -0.2) is 4.79 Å². The summed E-state index contributed by atoms with van der Waals surface area (Å²) in [6, 6.07) is 22.2. The predicted octanol–water partition coefficient (Wildman–Crippen LogP) is 6.58. The van der Waals surface area contributed by atoms with Crippen molar-refractivity contribution in [2.45, 2.75) is 44.8 Å². The molecule has 3 aromatic rings. The van der Waals surface area contributed by atoms with E-state index >= 15 is 0 Å². The van der Waals surface area contributed by atoms with Gasteiger partial charge in [-0.3, -0.25) is 0 Å². The predicted molar refractivity (Wildman–Crippen MR) is 156 cm³/mol. The number of benzene rings is 3. The molecule has 0 bridgehead atoms. The molecule has 0 saturated carbocycles. The molecular formula is C30H32BBrN2O4. The molecule has 1 aliphatic carbocycles. The minimum absolute atomic E-state index is 0.00149. The van der Waals surface area contributed by atoms with Crippen LogP contribution in [-0.4, -0.2) is 37.6 Å². The summed E-state index contributed by atoms with van der Waals surface area (Å²) in [5, 5.41) is 2.91. The van der Waals surface area contributed by atoms with E-state index in [4.69, 9.17) is 19.8 Å². The zero-order valence-corrected chi connectivity index (χ0v) is 23.7. The van der Waals surface area contributed by atoms with Crippen molar-refractivity contribution < 1.29 is 18.8 Å². The van der Waals surface area contributed by atoms with E-state index in [9.17, 15) is 4.79 Å². The number of nitrogens with two attached hydrogens (primary N) is 1. The quantitative estimate of drug-likeness (QED) is 0.256. The van der Waals surface area contributed by atoms with Crippen molar-refractivity contribution in [3.05, 3.63) is 93.4 Å². The summed E-state index contributed by atoms with van der Waals surface area (Å²) >= 11 is 3.49. The average molecular weight is 575 g/mol. The summed E-state index contributed by atoms with van der Waals surface area (Å²) in [6.45, 7) is 8.47. The number of carbonyl (C=O) groups is 1. The number of alkyl carbamates (subject to hydrolysis) is 1. The molecule has 1 saturated heterocycles. The number of hydrogen-bond donors (Lipinski definition) is 2. The summed E-state index contributed by atoms with van der Waals surface area (Å²) in [5.74, 6) is -0.00149. The van der Waals surface area contributed by atoms with Crippen LogP contribution in [0.3, 0.4) is 0 Å². The minimum atomic E-state index is -0.620. The van der Waals surface area contributed by atoms with Gasteiger partial charge in [-0.15, -0.1) is 0 Å². The smallest absolute Gasteiger partial charge is 0.449 e. The molecule has 0 spiro atoms. The van der Waals surface area contributed by atoms with Crippen LogP contribution in [0.15, 0.2) is 76.7 Å². The van der Waals surface area contributed by atoms with Crippen LogP contribution >= 0.6 is 15.9 Å². The molecule has 0 unspecified atom stereocenters. The highest BCUT2D eigenvalue weighted by atomic mass is 79.9. The molecule has 5 rings (SSSR count). The van der Waals surface area contributed by atoms with Gasteiger partial charge in [-0.05, 0) is 89.0 Å². The fourth-order valence-electron chi connectivity index (χ4n) is 4.87. The minimum Gasteiger partial charge on any atom is -0.449 e. The van der Waals surface area contributed by atoms with E-state index in [1.807, 2.05) is 76.2 Å². The highest BCUT2D eigenvalue weighted by Crippen LogP contribution is 2.44. The number of anilines is 1. The van der Waals surface area contributed by atoms with Gasteiger partial charge in [0.1, 0.15) is 6.61 Å². The van der Waals surface area contributed by atoms with Crippen LogP contribution in [0.2, 0.25) is 0 Å². The highest BCUT2D eigenvalue weighted by molar-refractivity contribution is 9.10. The molecular weight excluding hydrogens is 543 g/mol. The second kappa shape index (κ2) is 10.2. The Morgan fingerprint density at radius 1 is 1.00 bits per heavy atom. The van der Waals surface area contributed by atoms with Gasteiger partial charge in [0, 0.05) is 22.6 Å². The molecule has 3 N–H and O–H groups in total. The molecule has 3 aromatic carbocycles. The van der Waals surface area contributed by atoms with Crippen LogP contribution in [0.1, 0.15) is 50.3 Å². The first-order valence-corrected chi connectivity index (χ1v) is 13.5. The van der Waals surface area contributed by atoms with Crippen LogP contribution in [0.25, 0.3) is 17.2 Å². The number of rotatable bonds is 6. The highest BCUT2D eigenvalue weighted by Gasteiger charge is 2.52. The normalized spacial score (nSPS) is 17.7. The third-order valence-electron chi connectivity index (χ3n) is 7.71. The number of hydrogen-bond acceptors (Lipinski definition) is 5. The molecule has 1 fully saturated rings. The van der Waals surface area contributed by atoms with Crippen LogP contribution in [-0.2, 0) is 14.0 Å². The van der Waals surface area contributed by atoms with Gasteiger partial charge >= 0.3 is 13.2 Å². The van der Waals surface area contributed by atoms with Crippen LogP contribution < -0.4 is 11.1 Å². The second-order valence-corrected chi connectivity index (χ2v) is 11.6. The van der Waals surface area contributed by atoms with Crippen molar-refractivity contribution in [2.24, 2.45) is 0 Å². The van der Waals surface area contributed by atoms with Crippen molar-refractivity contribution in [3.8, 4) is 11.1 Å². The Balaban J connectivity index is 1.30. The summed E-state index contributed by atoms with van der Waals surface area (Å²) in [4.78, 5) is 12.9. The lowest BCUT2D eigenvalue weighted by molar-refractivity contribution is 0.00578. The van der Waals surface area contributed by atoms with E-state index in [0.29, 0.717) is 5.69 Å². The lowest BCUT2D eigenvalue weighted by Gasteiger charge is -2.32. The Kier molecular flexibility index (Phi) is 7.16. The Morgan fingerprint density at radius 2 is 1.58 bits per heavy atom. The number of halogens is 1. The molecule has 6 nitrogen and oxygen atoms in total. The molecule has 8 heteroatoms. The number of amides is 1. The summed E-state index contributed by atoms with van der Waals surface area (Å²) in [5.41, 5.74) is 12.0. The maximum Gasteiger partial charge on any atom is 0.492 e. The van der Waals surface area contributed by atoms with Crippen LogP contribution in [0.5, 0.6) is 0 Å². The van der Waals surface area contributed by atoms with Gasteiger partial charge in [-0.1, -0.05) is 60.7 Å². The number of fused-ring (bicyclic) bond motifs is 3. The summed E-state index contributed by atoms with van der Waals surface area (Å²) in [6.07, 6.45) is 1.46. The standard InChI is InChI=1S/C30H32BBrN2O4/c1-29(2)30(3,4)38-31(37-29)20(15-19-13-14-27(33)26(32)16-19)17-34-28(35)36-18-25-23-11-7-5-9-21(23)22-10-6-8-12-24(22)25/h5-16,25H,17-18,33H2,1-4H3,(H,34,35). The van der Waals surface area contributed by atoms with Gasteiger partial charge in [0.25, 0.3) is 0 Å². The van der Waals surface area contributed by atoms with Crippen LogP contribution in [0, 0.1) is 0 Å². The van der Waals surface area contributed by atoms with Gasteiger partial charge in [0.2, 0.25) is 0 Å². The van der Waals surface area contributed by atoms with E-state index in [2.05, 4.69) is 45.5 Å². The summed E-state index contributed by atoms with van der Waals surface area (Å²) in [7, 11) is -0.620. The first-order valence-electron chi connectivity index (χ1n) is 12.8. The number of nitrogens with one attached hydrogen (secondary N) is 1. The van der Waals surface area contributed by atoms with Crippen molar-refractivity contribution >= 4 is 40.9 Å². The fourth-order valence-corrected chi connectivity index (χ4v) is 5.26. The van der Waals surface area contributed by atoms with E-state index < -0.39 is 24.4 Å². The topological polar surface area (TPSA) is 82.8 Å².